The first-order valence-corrected chi connectivity index (χ1v) is 11.5. The summed E-state index contributed by atoms with van der Waals surface area (Å²) in [6.45, 7) is 3.28. The molecule has 1 saturated heterocycles. The van der Waals surface area contributed by atoms with Gasteiger partial charge in [0.15, 0.2) is 11.9 Å². The molecule has 2 unspecified atom stereocenters. The second-order valence-electron chi connectivity index (χ2n) is 9.54. The van der Waals surface area contributed by atoms with Crippen molar-refractivity contribution in [3.63, 3.8) is 0 Å². The van der Waals surface area contributed by atoms with E-state index in [-0.39, 0.29) is 11.5 Å². The van der Waals surface area contributed by atoms with Gasteiger partial charge in [0.25, 0.3) is 0 Å². The average Bonchev–Trinajstić information content (AvgIpc) is 2.87. The third-order valence-corrected chi connectivity index (χ3v) is 7.32. The number of hydrogen-bond acceptors (Lipinski definition) is 10. The van der Waals surface area contributed by atoms with Crippen LogP contribution in [0.1, 0.15) is 18.1 Å². The first-order chi connectivity index (χ1) is 16.9. The molecule has 2 aliphatic rings. The molecule has 0 radical (unpaired) electrons. The molecule has 1 saturated carbocycles. The zero-order valence-corrected chi connectivity index (χ0v) is 20.1. The fourth-order valence-corrected chi connectivity index (χ4v) is 4.92. The van der Waals surface area contributed by atoms with Crippen LogP contribution in [0.5, 0.6) is 11.5 Å². The van der Waals surface area contributed by atoms with Gasteiger partial charge in [-0.3, -0.25) is 9.59 Å². The minimum Gasteiger partial charge on any atom is -0.486 e. The smallest absolute Gasteiger partial charge is 0.216 e. The van der Waals surface area contributed by atoms with Gasteiger partial charge in [-0.15, -0.1) is 0 Å². The molecule has 7 atom stereocenters. The van der Waals surface area contributed by atoms with Gasteiger partial charge in [-0.2, -0.15) is 0 Å². The number of carbonyl (C=O) groups excluding carboxylic acids is 2. The molecule has 0 bridgehead atoms. The predicted octanol–water partition coefficient (Wildman–Crippen LogP) is -0.179. The number of carbonyl (C=O) groups is 2. The summed E-state index contributed by atoms with van der Waals surface area (Å²) < 4.78 is 16.0. The zero-order valence-electron chi connectivity index (χ0n) is 20.1. The van der Waals surface area contributed by atoms with E-state index >= 15 is 0 Å². The van der Waals surface area contributed by atoms with E-state index in [1.807, 2.05) is 13.8 Å². The molecule has 10 heteroatoms. The standard InChI is InChI=1S/C26H30O10/c1-14-4-8-17(9-5-14)34-12-19(27)25(32)23(30)36-22-21(29)16(3)24(22,31)26(25,33)20(28)13-35-18-10-6-15(2)7-11-18/h4-11,16,21-23,29-33H,12-13H2,1-3H3/t16?,21?,22-,23-,24-,25+,26+/m1/s1. The quantitative estimate of drug-likeness (QED) is 0.327. The SMILES string of the molecule is Cc1ccc(OCC(=O)[C@]2(O)[C@@]3(O)C(C)C(O)[C@H]3O[C@@H](O)[C@@]2(O)C(=O)COc2ccc(C)cc2)cc1. The summed E-state index contributed by atoms with van der Waals surface area (Å²) in [6, 6.07) is 13.2. The van der Waals surface area contributed by atoms with Crippen molar-refractivity contribution in [1.29, 1.82) is 0 Å². The molecule has 0 amide bonds. The van der Waals surface area contributed by atoms with Gasteiger partial charge in [-0.25, -0.2) is 0 Å². The van der Waals surface area contributed by atoms with Crippen LogP contribution in [0.3, 0.4) is 0 Å². The maximum Gasteiger partial charge on any atom is 0.216 e. The van der Waals surface area contributed by atoms with Gasteiger partial charge in [0.2, 0.25) is 17.2 Å². The van der Waals surface area contributed by atoms with Gasteiger partial charge in [-0.1, -0.05) is 42.3 Å². The number of aryl methyl sites for hydroxylation is 2. The van der Waals surface area contributed by atoms with Gasteiger partial charge in [-0.05, 0) is 38.1 Å². The van der Waals surface area contributed by atoms with E-state index < -0.39 is 66.0 Å². The monoisotopic (exact) mass is 502 g/mol. The summed E-state index contributed by atoms with van der Waals surface area (Å²) in [5.41, 5.74) is -7.40. The first-order valence-electron chi connectivity index (χ1n) is 11.5. The number of benzene rings is 2. The second kappa shape index (κ2) is 9.22. The molecule has 2 fully saturated rings. The van der Waals surface area contributed by atoms with E-state index in [2.05, 4.69) is 0 Å². The molecular weight excluding hydrogens is 472 g/mol. The van der Waals surface area contributed by atoms with Crippen molar-refractivity contribution in [1.82, 2.24) is 0 Å². The van der Waals surface area contributed by atoms with E-state index in [1.54, 1.807) is 48.5 Å². The third kappa shape index (κ3) is 3.73. The van der Waals surface area contributed by atoms with Crippen LogP contribution < -0.4 is 9.47 Å². The zero-order chi connectivity index (χ0) is 26.5. The Labute approximate surface area is 207 Å². The van der Waals surface area contributed by atoms with Crippen molar-refractivity contribution < 1.29 is 49.3 Å². The Kier molecular flexibility index (Phi) is 6.71. The van der Waals surface area contributed by atoms with Gasteiger partial charge in [0.05, 0.1) is 6.10 Å². The Balaban J connectivity index is 1.66. The summed E-state index contributed by atoms with van der Waals surface area (Å²) in [5, 5.41) is 55.6. The van der Waals surface area contributed by atoms with Gasteiger partial charge < -0.3 is 39.7 Å². The van der Waals surface area contributed by atoms with Crippen molar-refractivity contribution >= 4 is 11.6 Å². The van der Waals surface area contributed by atoms with Gasteiger partial charge >= 0.3 is 0 Å². The van der Waals surface area contributed by atoms with Crippen LogP contribution in [0.4, 0.5) is 0 Å². The van der Waals surface area contributed by atoms with E-state index in [9.17, 15) is 35.1 Å². The molecule has 10 nitrogen and oxygen atoms in total. The molecule has 1 aliphatic carbocycles. The summed E-state index contributed by atoms with van der Waals surface area (Å²) in [6.07, 6.45) is -5.50. The minimum absolute atomic E-state index is 0.255. The third-order valence-electron chi connectivity index (χ3n) is 7.32. The number of Topliss-reactive ketones (excluding diaryl/α,β-unsaturated/α-hetero) is 2. The fraction of sp³-hybridized carbons (Fsp3) is 0.462. The Hall–Kier alpha value is -2.86. The maximum absolute atomic E-state index is 13.4. The highest BCUT2D eigenvalue weighted by molar-refractivity contribution is 6.02. The number of aliphatic hydroxyl groups is 5. The highest BCUT2D eigenvalue weighted by atomic mass is 16.7. The maximum atomic E-state index is 13.4. The molecule has 36 heavy (non-hydrogen) atoms. The molecule has 1 heterocycles. The van der Waals surface area contributed by atoms with Crippen LogP contribution in [0, 0.1) is 19.8 Å². The number of rotatable bonds is 8. The summed E-state index contributed by atoms with van der Waals surface area (Å²) in [7, 11) is 0. The van der Waals surface area contributed by atoms with Crippen molar-refractivity contribution in [3.8, 4) is 11.5 Å². The lowest BCUT2D eigenvalue weighted by atomic mass is 9.49. The molecule has 0 spiro atoms. The van der Waals surface area contributed by atoms with E-state index in [4.69, 9.17) is 14.2 Å². The lowest BCUT2D eigenvalue weighted by Crippen LogP contribution is -2.93. The number of hydrogen-bond donors (Lipinski definition) is 5. The van der Waals surface area contributed by atoms with Crippen LogP contribution in [0.2, 0.25) is 0 Å². The molecule has 2 aromatic carbocycles. The topological polar surface area (TPSA) is 163 Å². The van der Waals surface area contributed by atoms with Crippen LogP contribution in [0.25, 0.3) is 0 Å². The van der Waals surface area contributed by atoms with Crippen LogP contribution in [0.15, 0.2) is 48.5 Å². The highest BCUT2D eigenvalue weighted by Crippen LogP contribution is 2.56. The van der Waals surface area contributed by atoms with E-state index in [1.165, 1.54) is 6.92 Å². The van der Waals surface area contributed by atoms with Crippen molar-refractivity contribution in [3.05, 3.63) is 59.7 Å². The summed E-state index contributed by atoms with van der Waals surface area (Å²) in [4.78, 5) is 26.7. The van der Waals surface area contributed by atoms with Crippen LogP contribution in [-0.2, 0) is 14.3 Å². The van der Waals surface area contributed by atoms with Crippen molar-refractivity contribution in [2.75, 3.05) is 13.2 Å². The number of ketones is 2. The van der Waals surface area contributed by atoms with Gasteiger partial charge in [0, 0.05) is 5.92 Å². The van der Waals surface area contributed by atoms with E-state index in [0.29, 0.717) is 0 Å². The van der Waals surface area contributed by atoms with Crippen LogP contribution in [-0.4, -0.2) is 85.6 Å². The number of fused-ring (bicyclic) bond motifs is 1. The molecule has 5 N–H and O–H groups in total. The Bertz CT molecular complexity index is 1130. The number of ether oxygens (including phenoxy) is 3. The predicted molar refractivity (Wildman–Crippen MR) is 124 cm³/mol. The summed E-state index contributed by atoms with van der Waals surface area (Å²) >= 11 is 0. The fourth-order valence-electron chi connectivity index (χ4n) is 4.92. The molecule has 4 rings (SSSR count). The van der Waals surface area contributed by atoms with Crippen LogP contribution >= 0.6 is 0 Å². The molecular formula is C26H30O10. The van der Waals surface area contributed by atoms with Crippen molar-refractivity contribution in [2.45, 2.75) is 56.1 Å². The lowest BCUT2D eigenvalue weighted by Gasteiger charge is -2.66. The van der Waals surface area contributed by atoms with E-state index in [0.717, 1.165) is 11.1 Å². The minimum atomic E-state index is -3.34. The lowest BCUT2D eigenvalue weighted by molar-refractivity contribution is -0.428. The molecule has 194 valence electrons. The Morgan fingerprint density at radius 1 is 0.833 bits per heavy atom. The molecule has 1 aliphatic heterocycles. The normalized spacial score (nSPS) is 35.3. The number of aliphatic hydroxyl groups excluding tert-OH is 2. The molecule has 0 aromatic heterocycles. The highest BCUT2D eigenvalue weighted by Gasteiger charge is 2.84. The second-order valence-corrected chi connectivity index (χ2v) is 9.54. The summed E-state index contributed by atoms with van der Waals surface area (Å²) in [5.74, 6) is -3.30. The Morgan fingerprint density at radius 2 is 1.28 bits per heavy atom. The Morgan fingerprint density at radius 3 is 1.75 bits per heavy atom. The van der Waals surface area contributed by atoms with Gasteiger partial charge in [0.1, 0.15) is 36.4 Å². The average molecular weight is 503 g/mol. The molecule has 2 aromatic rings. The van der Waals surface area contributed by atoms with Crippen molar-refractivity contribution in [2.24, 2.45) is 5.92 Å². The largest absolute Gasteiger partial charge is 0.486 e. The first kappa shape index (κ1) is 26.2.